The first-order chi connectivity index (χ1) is 13.6. The van der Waals surface area contributed by atoms with Gasteiger partial charge in [0.25, 0.3) is 0 Å². The van der Waals surface area contributed by atoms with E-state index in [9.17, 15) is 8.42 Å². The van der Waals surface area contributed by atoms with Crippen LogP contribution < -0.4 is 10.6 Å². The van der Waals surface area contributed by atoms with E-state index in [2.05, 4.69) is 20.6 Å². The van der Waals surface area contributed by atoms with Gasteiger partial charge >= 0.3 is 0 Å². The molecule has 1 aromatic carbocycles. The van der Waals surface area contributed by atoms with E-state index in [1.807, 2.05) is 18.3 Å². The highest BCUT2D eigenvalue weighted by atomic mass is 32.2. The van der Waals surface area contributed by atoms with E-state index in [4.69, 9.17) is 9.47 Å². The third-order valence-electron chi connectivity index (χ3n) is 4.38. The lowest BCUT2D eigenvalue weighted by molar-refractivity contribution is 0.0785. The smallest absolute Gasteiger partial charge is 0.227 e. The lowest BCUT2D eigenvalue weighted by Gasteiger charge is -2.16. The molecule has 0 saturated carbocycles. The summed E-state index contributed by atoms with van der Waals surface area (Å²) in [6.07, 6.45) is 2.80. The molecule has 0 bridgehead atoms. The van der Waals surface area contributed by atoms with Crippen molar-refractivity contribution in [2.45, 2.75) is 18.7 Å². The molecular formula is C19H26N4O4S. The largest absolute Gasteiger partial charge is 0.382 e. The molecule has 28 heavy (non-hydrogen) atoms. The van der Waals surface area contributed by atoms with Gasteiger partial charge in [0.1, 0.15) is 0 Å². The van der Waals surface area contributed by atoms with Gasteiger partial charge in [0.15, 0.2) is 9.84 Å². The topological polar surface area (TPSA) is 102 Å². The Balaban J connectivity index is 1.53. The molecule has 1 aliphatic rings. The molecule has 0 aliphatic carbocycles. The molecule has 1 aromatic heterocycles. The fourth-order valence-electron chi connectivity index (χ4n) is 2.86. The van der Waals surface area contributed by atoms with Gasteiger partial charge in [-0.2, -0.15) is 0 Å². The molecule has 0 unspecified atom stereocenters. The summed E-state index contributed by atoms with van der Waals surface area (Å²) in [6, 6.07) is 7.26. The standard InChI is InChI=1S/C19H26N4O4S/c1-26-8-9-27-10-11-28(24,25)14-15-2-4-17(5-3-15)22-19-21-12-16-6-7-20-13-18(16)23-19/h2-5,12,20H,6-11,13-14H2,1H3,(H,21,22,23). The van der Waals surface area contributed by atoms with E-state index in [1.54, 1.807) is 19.2 Å². The first kappa shape index (κ1) is 20.7. The number of nitrogens with one attached hydrogen (secondary N) is 2. The maximum absolute atomic E-state index is 12.2. The quantitative estimate of drug-likeness (QED) is 0.572. The molecule has 0 fully saturated rings. The van der Waals surface area contributed by atoms with Gasteiger partial charge in [0.05, 0.1) is 37.0 Å². The van der Waals surface area contributed by atoms with Crippen molar-refractivity contribution in [1.29, 1.82) is 0 Å². The molecule has 0 amide bonds. The van der Waals surface area contributed by atoms with Gasteiger partial charge < -0.3 is 20.1 Å². The van der Waals surface area contributed by atoms with E-state index in [0.717, 1.165) is 36.5 Å². The Morgan fingerprint density at radius 1 is 1.18 bits per heavy atom. The van der Waals surface area contributed by atoms with Crippen LogP contribution in [-0.2, 0) is 38.0 Å². The zero-order valence-electron chi connectivity index (χ0n) is 16.0. The number of hydrogen-bond acceptors (Lipinski definition) is 8. The minimum absolute atomic E-state index is 0.00623. The number of nitrogens with zero attached hydrogens (tertiary/aromatic N) is 2. The van der Waals surface area contributed by atoms with Gasteiger partial charge in [-0.3, -0.25) is 0 Å². The van der Waals surface area contributed by atoms with Crippen LogP contribution in [0, 0.1) is 0 Å². The minimum atomic E-state index is -3.22. The van der Waals surface area contributed by atoms with Crippen molar-refractivity contribution in [3.05, 3.63) is 47.3 Å². The molecule has 0 spiro atoms. The fraction of sp³-hybridized carbons (Fsp3) is 0.474. The van der Waals surface area contributed by atoms with Crippen molar-refractivity contribution in [3.63, 3.8) is 0 Å². The van der Waals surface area contributed by atoms with Crippen LogP contribution in [0.4, 0.5) is 11.6 Å². The summed E-state index contributed by atoms with van der Waals surface area (Å²) >= 11 is 0. The predicted octanol–water partition coefficient (Wildman–Crippen LogP) is 1.44. The van der Waals surface area contributed by atoms with Gasteiger partial charge in [-0.05, 0) is 36.2 Å². The van der Waals surface area contributed by atoms with E-state index >= 15 is 0 Å². The van der Waals surface area contributed by atoms with E-state index in [1.165, 1.54) is 5.56 Å². The van der Waals surface area contributed by atoms with Crippen molar-refractivity contribution in [2.75, 3.05) is 44.5 Å². The fourth-order valence-corrected chi connectivity index (χ4v) is 4.08. The van der Waals surface area contributed by atoms with Crippen molar-refractivity contribution >= 4 is 21.5 Å². The molecule has 0 atom stereocenters. The van der Waals surface area contributed by atoms with Crippen molar-refractivity contribution < 1.29 is 17.9 Å². The molecule has 152 valence electrons. The molecule has 8 nitrogen and oxygen atoms in total. The molecule has 3 rings (SSSR count). The lowest BCUT2D eigenvalue weighted by atomic mass is 10.1. The summed E-state index contributed by atoms with van der Waals surface area (Å²) in [4.78, 5) is 8.90. The highest BCUT2D eigenvalue weighted by Crippen LogP contribution is 2.18. The SMILES string of the molecule is COCCOCCS(=O)(=O)Cc1ccc(Nc2ncc3c(n2)CNCC3)cc1. The summed E-state index contributed by atoms with van der Waals surface area (Å²) < 4.78 is 34.5. The van der Waals surface area contributed by atoms with Gasteiger partial charge in [-0.25, -0.2) is 18.4 Å². The van der Waals surface area contributed by atoms with Gasteiger partial charge in [-0.1, -0.05) is 12.1 Å². The first-order valence-electron chi connectivity index (χ1n) is 9.24. The Morgan fingerprint density at radius 2 is 2.00 bits per heavy atom. The van der Waals surface area contributed by atoms with Crippen molar-refractivity contribution in [3.8, 4) is 0 Å². The van der Waals surface area contributed by atoms with E-state index in [0.29, 0.717) is 19.2 Å². The highest BCUT2D eigenvalue weighted by Gasteiger charge is 2.13. The van der Waals surface area contributed by atoms with Crippen LogP contribution in [-0.4, -0.2) is 57.6 Å². The summed E-state index contributed by atoms with van der Waals surface area (Å²) in [5.41, 5.74) is 3.74. The zero-order chi connectivity index (χ0) is 19.8. The summed E-state index contributed by atoms with van der Waals surface area (Å²) in [5.74, 6) is 0.520. The molecule has 9 heteroatoms. The average molecular weight is 407 g/mol. The normalized spacial score (nSPS) is 13.9. The molecule has 1 aliphatic heterocycles. The molecule has 2 N–H and O–H groups in total. The number of anilines is 2. The molecular weight excluding hydrogens is 380 g/mol. The van der Waals surface area contributed by atoms with Crippen LogP contribution in [0.25, 0.3) is 0 Å². The minimum Gasteiger partial charge on any atom is -0.382 e. The number of sulfone groups is 1. The summed E-state index contributed by atoms with van der Waals surface area (Å²) in [5, 5.41) is 6.46. The van der Waals surface area contributed by atoms with Gasteiger partial charge in [0.2, 0.25) is 5.95 Å². The number of rotatable bonds is 10. The zero-order valence-corrected chi connectivity index (χ0v) is 16.8. The Hall–Kier alpha value is -2.07. The Labute approximate surface area is 165 Å². The van der Waals surface area contributed by atoms with Crippen LogP contribution in [0.3, 0.4) is 0 Å². The average Bonchev–Trinajstić information content (AvgIpc) is 2.69. The molecule has 0 saturated heterocycles. The second kappa shape index (κ2) is 9.92. The molecule has 2 aromatic rings. The highest BCUT2D eigenvalue weighted by molar-refractivity contribution is 7.90. The van der Waals surface area contributed by atoms with Gasteiger partial charge in [0, 0.05) is 25.5 Å². The van der Waals surface area contributed by atoms with Crippen LogP contribution in [0.2, 0.25) is 0 Å². The van der Waals surface area contributed by atoms with Crippen molar-refractivity contribution in [1.82, 2.24) is 15.3 Å². The number of ether oxygens (including phenoxy) is 2. The van der Waals surface area contributed by atoms with E-state index in [-0.39, 0.29) is 18.1 Å². The van der Waals surface area contributed by atoms with Crippen LogP contribution >= 0.6 is 0 Å². The molecule has 2 heterocycles. The number of hydrogen-bond donors (Lipinski definition) is 2. The number of benzene rings is 1. The summed E-state index contributed by atoms with van der Waals surface area (Å²) in [6.45, 7) is 2.73. The van der Waals surface area contributed by atoms with Crippen LogP contribution in [0.5, 0.6) is 0 Å². The van der Waals surface area contributed by atoms with E-state index < -0.39 is 9.84 Å². The second-order valence-electron chi connectivity index (χ2n) is 6.61. The Kier molecular flexibility index (Phi) is 7.32. The third-order valence-corrected chi connectivity index (χ3v) is 5.95. The second-order valence-corrected chi connectivity index (χ2v) is 8.80. The van der Waals surface area contributed by atoms with Gasteiger partial charge in [-0.15, -0.1) is 0 Å². The Morgan fingerprint density at radius 3 is 2.79 bits per heavy atom. The molecule has 0 radical (unpaired) electrons. The maximum Gasteiger partial charge on any atom is 0.227 e. The third kappa shape index (κ3) is 6.23. The van der Waals surface area contributed by atoms with Crippen molar-refractivity contribution in [2.24, 2.45) is 0 Å². The monoisotopic (exact) mass is 406 g/mol. The predicted molar refractivity (Wildman–Crippen MR) is 107 cm³/mol. The lowest BCUT2D eigenvalue weighted by Crippen LogP contribution is -2.25. The summed E-state index contributed by atoms with van der Waals surface area (Å²) in [7, 11) is -1.64. The maximum atomic E-state index is 12.2. The number of aromatic nitrogens is 2. The van der Waals surface area contributed by atoms with Crippen LogP contribution in [0.15, 0.2) is 30.5 Å². The Bertz CT molecular complexity index is 872. The van der Waals surface area contributed by atoms with Crippen LogP contribution in [0.1, 0.15) is 16.8 Å². The number of methoxy groups -OCH3 is 1. The number of fused-ring (bicyclic) bond motifs is 1. The first-order valence-corrected chi connectivity index (χ1v) is 11.1.